The quantitative estimate of drug-likeness (QED) is 0.151. The summed E-state index contributed by atoms with van der Waals surface area (Å²) >= 11 is 0. The average molecular weight is 685 g/mol. The molecule has 0 heterocycles. The molecule has 0 saturated heterocycles. The van der Waals surface area contributed by atoms with Crippen molar-refractivity contribution in [3.8, 4) is 0 Å². The lowest BCUT2D eigenvalue weighted by Crippen LogP contribution is -2.72. The highest BCUT2D eigenvalue weighted by molar-refractivity contribution is 7.02. The van der Waals surface area contributed by atoms with Crippen LogP contribution in [0, 0.1) is 0 Å². The highest BCUT2D eigenvalue weighted by Gasteiger charge is 2.55. The molecule has 1 unspecified atom stereocenters. The largest absolute Gasteiger partial charge is 0.500 e. The first kappa shape index (κ1) is 37.6. The molecule has 0 spiro atoms. The van der Waals surface area contributed by atoms with Gasteiger partial charge in [-0.3, -0.25) is 0 Å². The molecule has 7 nitrogen and oxygen atoms in total. The Kier molecular flexibility index (Phi) is 14.0. The van der Waals surface area contributed by atoms with E-state index >= 15 is 0 Å². The SMILES string of the molecule is CCO[Si](CC[Si](C)(O[Si](C)(C)C)O[Si](O[Si](C)(C)O[Si](C)(C)C)(c1ccccc1)c1ccccc1)(OCC)OCC. The minimum Gasteiger partial charge on any atom is -0.437 e. The Bertz CT molecular complexity index is 1010. The maximum atomic E-state index is 7.65. The molecule has 0 fully saturated rings. The second-order valence-electron chi connectivity index (χ2n) is 13.0. The van der Waals surface area contributed by atoms with Gasteiger partial charge in [-0.25, -0.2) is 0 Å². The molecule has 0 N–H and O–H groups in total. The van der Waals surface area contributed by atoms with Crippen LogP contribution in [0.5, 0.6) is 0 Å². The zero-order valence-electron chi connectivity index (χ0n) is 28.2. The van der Waals surface area contributed by atoms with Crippen molar-refractivity contribution in [1.82, 2.24) is 0 Å². The fraction of sp³-hybridized carbons (Fsp3) is 0.586. The first-order valence-electron chi connectivity index (χ1n) is 15.3. The second kappa shape index (κ2) is 15.6. The van der Waals surface area contributed by atoms with Gasteiger partial charge in [0.1, 0.15) is 0 Å². The fourth-order valence-corrected chi connectivity index (χ4v) is 32.5. The standard InChI is InChI=1S/C29H56O7Si6/c1-13-30-41(31-14-2,32-15-3)27-26-40(12,34-38(7,8)9)36-42(28-22-18-16-19-23-28,29-24-20-17-21-25-29)35-39(10,11)33-37(4,5)6/h16-25H,13-15,26-27H2,1-12H3. The average Bonchev–Trinajstić information content (AvgIpc) is 2.86. The Balaban J connectivity index is 2.76. The molecule has 1 atom stereocenters. The smallest absolute Gasteiger partial charge is 0.437 e. The summed E-state index contributed by atoms with van der Waals surface area (Å²) in [6, 6.07) is 22.2. The predicted octanol–water partition coefficient (Wildman–Crippen LogP) is 6.80. The summed E-state index contributed by atoms with van der Waals surface area (Å²) < 4.78 is 47.7. The van der Waals surface area contributed by atoms with Crippen molar-refractivity contribution in [3.63, 3.8) is 0 Å². The van der Waals surface area contributed by atoms with Crippen LogP contribution in [0.4, 0.5) is 0 Å². The van der Waals surface area contributed by atoms with Gasteiger partial charge >= 0.3 is 34.5 Å². The summed E-state index contributed by atoms with van der Waals surface area (Å²) in [5, 5.41) is 2.11. The molecule has 42 heavy (non-hydrogen) atoms. The van der Waals surface area contributed by atoms with Gasteiger partial charge in [0.2, 0.25) is 0 Å². The fourth-order valence-electron chi connectivity index (χ4n) is 5.30. The van der Waals surface area contributed by atoms with E-state index in [4.69, 9.17) is 29.7 Å². The van der Waals surface area contributed by atoms with E-state index < -0.39 is 51.1 Å². The van der Waals surface area contributed by atoms with E-state index in [-0.39, 0.29) is 0 Å². The van der Waals surface area contributed by atoms with Crippen LogP contribution in [-0.2, 0) is 29.7 Å². The molecule has 2 rings (SSSR count). The third-order valence-corrected chi connectivity index (χ3v) is 27.6. The number of rotatable bonds is 19. The third-order valence-electron chi connectivity index (χ3n) is 6.11. The molecule has 0 aromatic heterocycles. The lowest BCUT2D eigenvalue weighted by molar-refractivity contribution is 0.0719. The van der Waals surface area contributed by atoms with Crippen LogP contribution in [0.15, 0.2) is 60.7 Å². The summed E-state index contributed by atoms with van der Waals surface area (Å²) in [4.78, 5) is 0. The minimum absolute atomic E-state index is 0.532. The first-order valence-corrected chi connectivity index (χ1v) is 31.2. The molecule has 2 aromatic carbocycles. The third kappa shape index (κ3) is 11.8. The van der Waals surface area contributed by atoms with Gasteiger partial charge < -0.3 is 29.7 Å². The molecule has 0 saturated carbocycles. The van der Waals surface area contributed by atoms with Gasteiger partial charge in [-0.2, -0.15) is 0 Å². The van der Waals surface area contributed by atoms with E-state index in [1.807, 2.05) is 32.9 Å². The molecular weight excluding hydrogens is 629 g/mol. The Labute approximate surface area is 262 Å². The molecule has 0 bridgehead atoms. The molecule has 2 aromatic rings. The molecule has 0 radical (unpaired) electrons. The highest BCUT2D eigenvalue weighted by Crippen LogP contribution is 2.32. The van der Waals surface area contributed by atoms with E-state index in [9.17, 15) is 0 Å². The molecule has 0 aliphatic rings. The Morgan fingerprint density at radius 3 is 1.24 bits per heavy atom. The summed E-state index contributed by atoms with van der Waals surface area (Å²) in [7, 11) is -15.9. The van der Waals surface area contributed by atoms with Crippen molar-refractivity contribution < 1.29 is 29.7 Å². The van der Waals surface area contributed by atoms with Crippen LogP contribution < -0.4 is 10.4 Å². The second-order valence-corrected chi connectivity index (χ2v) is 35.4. The van der Waals surface area contributed by atoms with E-state index in [0.717, 1.165) is 10.4 Å². The van der Waals surface area contributed by atoms with Gasteiger partial charge in [-0.1, -0.05) is 60.7 Å². The summed E-state index contributed by atoms with van der Waals surface area (Å²) in [6.45, 7) is 27.4. The molecule has 13 heteroatoms. The zero-order valence-corrected chi connectivity index (χ0v) is 34.2. The van der Waals surface area contributed by atoms with E-state index in [1.165, 1.54) is 0 Å². The Morgan fingerprint density at radius 1 is 0.476 bits per heavy atom. The van der Waals surface area contributed by atoms with Crippen LogP contribution in [0.2, 0.25) is 71.0 Å². The minimum atomic E-state index is -3.36. The van der Waals surface area contributed by atoms with Crippen LogP contribution in [0.25, 0.3) is 0 Å². The van der Waals surface area contributed by atoms with Crippen molar-refractivity contribution >= 4 is 61.5 Å². The van der Waals surface area contributed by atoms with Gasteiger partial charge in [-0.05, 0) is 96.1 Å². The van der Waals surface area contributed by atoms with Crippen LogP contribution in [0.1, 0.15) is 20.8 Å². The summed E-state index contributed by atoms with van der Waals surface area (Å²) in [5.74, 6) is 0. The molecule has 238 valence electrons. The van der Waals surface area contributed by atoms with E-state index in [2.05, 4.69) is 107 Å². The van der Waals surface area contributed by atoms with Crippen LogP contribution >= 0.6 is 0 Å². The molecule has 0 aliphatic carbocycles. The van der Waals surface area contributed by atoms with Gasteiger partial charge in [0.05, 0.1) is 0 Å². The van der Waals surface area contributed by atoms with Crippen LogP contribution in [-0.4, -0.2) is 70.9 Å². The van der Waals surface area contributed by atoms with Crippen molar-refractivity contribution in [1.29, 1.82) is 0 Å². The number of benzene rings is 2. The topological polar surface area (TPSA) is 64.6 Å². The predicted molar refractivity (Wildman–Crippen MR) is 188 cm³/mol. The van der Waals surface area contributed by atoms with Gasteiger partial charge in [-0.15, -0.1) is 0 Å². The molecule has 0 amide bonds. The Morgan fingerprint density at radius 2 is 0.881 bits per heavy atom. The van der Waals surface area contributed by atoms with Crippen molar-refractivity contribution in [2.45, 2.75) is 91.8 Å². The van der Waals surface area contributed by atoms with Crippen molar-refractivity contribution in [2.75, 3.05) is 19.8 Å². The zero-order chi connectivity index (χ0) is 31.7. The first-order chi connectivity index (χ1) is 19.4. The normalized spacial score (nSPS) is 15.0. The van der Waals surface area contributed by atoms with Crippen molar-refractivity contribution in [3.05, 3.63) is 60.7 Å². The van der Waals surface area contributed by atoms with Crippen molar-refractivity contribution in [2.24, 2.45) is 0 Å². The van der Waals surface area contributed by atoms with Crippen LogP contribution in [0.3, 0.4) is 0 Å². The highest BCUT2D eigenvalue weighted by atomic mass is 28.5. The molecular formula is C29H56O7Si6. The Hall–Kier alpha value is -0.539. The maximum absolute atomic E-state index is 7.65. The lowest BCUT2D eigenvalue weighted by Gasteiger charge is -2.46. The van der Waals surface area contributed by atoms with E-state index in [1.54, 1.807) is 0 Å². The summed E-state index contributed by atoms with van der Waals surface area (Å²) in [5.41, 5.74) is 0. The number of hydrogen-bond donors (Lipinski definition) is 0. The number of hydrogen-bond acceptors (Lipinski definition) is 7. The van der Waals surface area contributed by atoms with Gasteiger partial charge in [0.25, 0.3) is 0 Å². The molecule has 0 aliphatic heterocycles. The maximum Gasteiger partial charge on any atom is 0.500 e. The van der Waals surface area contributed by atoms with Gasteiger partial charge in [0, 0.05) is 25.9 Å². The summed E-state index contributed by atoms with van der Waals surface area (Å²) in [6.07, 6.45) is 0. The monoisotopic (exact) mass is 684 g/mol. The van der Waals surface area contributed by atoms with E-state index in [0.29, 0.717) is 31.9 Å². The van der Waals surface area contributed by atoms with Gasteiger partial charge in [0.15, 0.2) is 16.6 Å². The lowest BCUT2D eigenvalue weighted by atomic mass is 10.4.